The fraction of sp³-hybridized carbons (Fsp3) is 0.562. The highest BCUT2D eigenvalue weighted by molar-refractivity contribution is 7.89. The van der Waals surface area contributed by atoms with E-state index in [9.17, 15) is 13.2 Å². The molecule has 0 saturated heterocycles. The van der Waals surface area contributed by atoms with E-state index in [4.69, 9.17) is 0 Å². The molecule has 0 bridgehead atoms. The van der Waals surface area contributed by atoms with Crippen molar-refractivity contribution in [3.05, 3.63) is 23.8 Å². The average molecular weight is 339 g/mol. The fourth-order valence-electron chi connectivity index (χ4n) is 2.50. The van der Waals surface area contributed by atoms with Crippen LogP contribution in [0, 0.1) is 0 Å². The smallest absolute Gasteiger partial charge is 0.321 e. The number of carbonyl (C=O) groups is 1. The summed E-state index contributed by atoms with van der Waals surface area (Å²) in [5.41, 5.74) is 1.17. The number of rotatable bonds is 5. The maximum absolute atomic E-state index is 12.5. The lowest BCUT2D eigenvalue weighted by molar-refractivity contribution is 0.247. The van der Waals surface area contributed by atoms with Crippen molar-refractivity contribution in [2.24, 2.45) is 0 Å². The summed E-state index contributed by atoms with van der Waals surface area (Å²) in [5.74, 6) is 0. The molecule has 0 saturated carbocycles. The van der Waals surface area contributed by atoms with Crippen LogP contribution in [0.15, 0.2) is 23.1 Å². The third-order valence-electron chi connectivity index (χ3n) is 4.12. The van der Waals surface area contributed by atoms with Crippen LogP contribution in [0.3, 0.4) is 0 Å². The van der Waals surface area contributed by atoms with Crippen LogP contribution >= 0.6 is 0 Å². The fourth-order valence-corrected chi connectivity index (χ4v) is 4.03. The summed E-state index contributed by atoms with van der Waals surface area (Å²) in [6.07, 6.45) is 1.36. The number of benzene rings is 1. The molecular weight excluding hydrogens is 314 g/mol. The minimum absolute atomic E-state index is 0.146. The van der Waals surface area contributed by atoms with Gasteiger partial charge in [-0.1, -0.05) is 6.92 Å². The van der Waals surface area contributed by atoms with Gasteiger partial charge in [0.25, 0.3) is 0 Å². The summed E-state index contributed by atoms with van der Waals surface area (Å²) in [6, 6.07) is 4.80. The average Bonchev–Trinajstić information content (AvgIpc) is 2.89. The molecule has 0 radical (unpaired) electrons. The van der Waals surface area contributed by atoms with Crippen LogP contribution in [0.2, 0.25) is 0 Å². The molecule has 1 heterocycles. The molecule has 1 aromatic carbocycles. The Morgan fingerprint density at radius 1 is 1.30 bits per heavy atom. The van der Waals surface area contributed by atoms with E-state index < -0.39 is 15.6 Å². The van der Waals surface area contributed by atoms with Crippen LogP contribution in [-0.4, -0.2) is 33.1 Å². The van der Waals surface area contributed by atoms with Gasteiger partial charge in [0, 0.05) is 24.3 Å². The van der Waals surface area contributed by atoms with Gasteiger partial charge in [-0.25, -0.2) is 17.9 Å². The summed E-state index contributed by atoms with van der Waals surface area (Å²) in [7, 11) is -3.57. The van der Waals surface area contributed by atoms with Crippen molar-refractivity contribution < 1.29 is 13.2 Å². The molecule has 1 aliphatic heterocycles. The van der Waals surface area contributed by atoms with Gasteiger partial charge in [-0.3, -0.25) is 4.90 Å². The molecule has 0 aliphatic carbocycles. The minimum Gasteiger partial charge on any atom is -0.338 e. The van der Waals surface area contributed by atoms with Gasteiger partial charge in [0.1, 0.15) is 0 Å². The van der Waals surface area contributed by atoms with E-state index in [-0.39, 0.29) is 10.9 Å². The zero-order valence-electron chi connectivity index (χ0n) is 14.1. The highest BCUT2D eigenvalue weighted by Crippen LogP contribution is 2.30. The second-order valence-corrected chi connectivity index (χ2v) is 8.05. The van der Waals surface area contributed by atoms with E-state index in [2.05, 4.69) is 10.0 Å². The molecule has 0 atom stereocenters. The standard InChI is InChI=1S/C16H25N3O3S/c1-5-16(3,4)18-23(21,22)13-7-8-14-12(11-13)9-10-19(14)15(20)17-6-2/h7-8,11,18H,5-6,9-10H2,1-4H3,(H,17,20). The lowest BCUT2D eigenvalue weighted by Crippen LogP contribution is -2.42. The maximum atomic E-state index is 12.5. The quantitative estimate of drug-likeness (QED) is 0.863. The van der Waals surface area contributed by atoms with Crippen molar-refractivity contribution in [2.45, 2.75) is 51.0 Å². The first-order valence-electron chi connectivity index (χ1n) is 7.92. The van der Waals surface area contributed by atoms with Gasteiger partial charge < -0.3 is 5.32 Å². The van der Waals surface area contributed by atoms with Crippen LogP contribution in [0.4, 0.5) is 10.5 Å². The molecule has 0 fully saturated rings. The third-order valence-corrected chi connectivity index (χ3v) is 5.82. The van der Waals surface area contributed by atoms with Crippen LogP contribution in [0.1, 0.15) is 39.7 Å². The highest BCUT2D eigenvalue weighted by atomic mass is 32.2. The van der Waals surface area contributed by atoms with Crippen molar-refractivity contribution in [1.29, 1.82) is 0 Å². The third kappa shape index (κ3) is 3.84. The first-order chi connectivity index (χ1) is 10.7. The molecule has 128 valence electrons. The van der Waals surface area contributed by atoms with E-state index in [0.717, 1.165) is 11.3 Å². The molecule has 1 aliphatic rings. The molecule has 2 amide bonds. The molecule has 0 aromatic heterocycles. The van der Waals surface area contributed by atoms with E-state index in [0.29, 0.717) is 25.9 Å². The first-order valence-corrected chi connectivity index (χ1v) is 9.41. The zero-order chi connectivity index (χ0) is 17.3. The van der Waals surface area contributed by atoms with Crippen LogP contribution in [0.5, 0.6) is 0 Å². The number of sulfonamides is 1. The summed E-state index contributed by atoms with van der Waals surface area (Å²) >= 11 is 0. The number of anilines is 1. The number of nitrogens with zero attached hydrogens (tertiary/aromatic N) is 1. The van der Waals surface area contributed by atoms with E-state index in [1.807, 2.05) is 27.7 Å². The van der Waals surface area contributed by atoms with Crippen molar-refractivity contribution in [2.75, 3.05) is 18.0 Å². The van der Waals surface area contributed by atoms with Gasteiger partial charge >= 0.3 is 6.03 Å². The number of amides is 2. The van der Waals surface area contributed by atoms with Gasteiger partial charge in [-0.05, 0) is 57.4 Å². The van der Waals surface area contributed by atoms with Crippen molar-refractivity contribution in [3.8, 4) is 0 Å². The summed E-state index contributed by atoms with van der Waals surface area (Å²) < 4.78 is 27.8. The Labute approximate surface area is 138 Å². The van der Waals surface area contributed by atoms with Crippen LogP contribution in [0.25, 0.3) is 0 Å². The SMILES string of the molecule is CCNC(=O)N1CCc2cc(S(=O)(=O)NC(C)(C)CC)ccc21. The van der Waals surface area contributed by atoms with Crippen LogP contribution in [-0.2, 0) is 16.4 Å². The zero-order valence-corrected chi connectivity index (χ0v) is 15.0. The predicted molar refractivity (Wildman–Crippen MR) is 91.3 cm³/mol. The molecule has 0 unspecified atom stereocenters. The number of hydrogen-bond acceptors (Lipinski definition) is 3. The van der Waals surface area contributed by atoms with Crippen molar-refractivity contribution >= 4 is 21.7 Å². The number of nitrogens with one attached hydrogen (secondary N) is 2. The number of fused-ring (bicyclic) bond motifs is 1. The topological polar surface area (TPSA) is 78.5 Å². The Morgan fingerprint density at radius 3 is 2.61 bits per heavy atom. The molecule has 1 aromatic rings. The minimum atomic E-state index is -3.57. The number of urea groups is 1. The second kappa shape index (κ2) is 6.49. The Morgan fingerprint density at radius 2 is 2.00 bits per heavy atom. The van der Waals surface area contributed by atoms with Gasteiger partial charge in [-0.2, -0.15) is 0 Å². The molecule has 2 N–H and O–H groups in total. The Balaban J connectivity index is 2.28. The lowest BCUT2D eigenvalue weighted by atomic mass is 10.0. The Bertz CT molecular complexity index is 699. The molecular formula is C16H25N3O3S. The summed E-state index contributed by atoms with van der Waals surface area (Å²) in [6.45, 7) is 8.65. The Kier molecular flexibility index (Phi) is 5.01. The molecule has 23 heavy (non-hydrogen) atoms. The normalized spacial score (nSPS) is 14.7. The van der Waals surface area contributed by atoms with Crippen molar-refractivity contribution in [1.82, 2.24) is 10.0 Å². The van der Waals surface area contributed by atoms with Gasteiger partial charge in [0.2, 0.25) is 10.0 Å². The van der Waals surface area contributed by atoms with Gasteiger partial charge in [0.15, 0.2) is 0 Å². The Hall–Kier alpha value is -1.60. The van der Waals surface area contributed by atoms with Crippen LogP contribution < -0.4 is 14.9 Å². The van der Waals surface area contributed by atoms with E-state index >= 15 is 0 Å². The van der Waals surface area contributed by atoms with Gasteiger partial charge in [-0.15, -0.1) is 0 Å². The molecule has 6 nitrogen and oxygen atoms in total. The molecule has 0 spiro atoms. The van der Waals surface area contributed by atoms with E-state index in [1.54, 1.807) is 23.1 Å². The van der Waals surface area contributed by atoms with E-state index in [1.165, 1.54) is 0 Å². The lowest BCUT2D eigenvalue weighted by Gasteiger charge is -2.24. The molecule has 7 heteroatoms. The molecule has 2 rings (SSSR count). The second-order valence-electron chi connectivity index (χ2n) is 6.37. The van der Waals surface area contributed by atoms with Crippen molar-refractivity contribution in [3.63, 3.8) is 0 Å². The predicted octanol–water partition coefficient (Wildman–Crippen LogP) is 2.25. The summed E-state index contributed by atoms with van der Waals surface area (Å²) in [5, 5.41) is 2.77. The summed E-state index contributed by atoms with van der Waals surface area (Å²) in [4.78, 5) is 13.9. The monoisotopic (exact) mass is 339 g/mol. The van der Waals surface area contributed by atoms with Gasteiger partial charge in [0.05, 0.1) is 4.90 Å². The highest BCUT2D eigenvalue weighted by Gasteiger charge is 2.28. The maximum Gasteiger partial charge on any atom is 0.321 e. The largest absolute Gasteiger partial charge is 0.338 e. The number of carbonyl (C=O) groups excluding carboxylic acids is 1. The first kappa shape index (κ1) is 17.7. The number of hydrogen-bond donors (Lipinski definition) is 2.